The minimum Gasteiger partial charge on any atom is -0.298 e. The van der Waals surface area contributed by atoms with Crippen molar-refractivity contribution >= 4 is 24.0 Å². The number of rotatable bonds is 2. The molecule has 0 bridgehead atoms. The minimum absolute atomic E-state index is 0.644. The first-order chi connectivity index (χ1) is 7.81. The van der Waals surface area contributed by atoms with Gasteiger partial charge in [0.15, 0.2) is 0 Å². The molecule has 82 valence electrons. The molecule has 0 heterocycles. The Morgan fingerprint density at radius 1 is 1.12 bits per heavy atom. The summed E-state index contributed by atoms with van der Waals surface area (Å²) in [7, 11) is 0. The van der Waals surface area contributed by atoms with Crippen LogP contribution in [0.3, 0.4) is 0 Å². The van der Waals surface area contributed by atoms with E-state index in [0.717, 1.165) is 42.3 Å². The monoisotopic (exact) mass is 232 g/mol. The largest absolute Gasteiger partial charge is 0.298 e. The smallest absolute Gasteiger partial charge is 0.147 e. The fraction of sp³-hybridized carbons (Fsp3) is 0.214. The molecule has 1 aromatic rings. The number of halogens is 1. The summed E-state index contributed by atoms with van der Waals surface area (Å²) in [6.45, 7) is 0. The molecule has 2 heteroatoms. The van der Waals surface area contributed by atoms with Crippen LogP contribution in [0.5, 0.6) is 0 Å². The summed E-state index contributed by atoms with van der Waals surface area (Å²) in [5, 5.41) is 0.644. The highest BCUT2D eigenvalue weighted by molar-refractivity contribution is 6.34. The topological polar surface area (TPSA) is 17.1 Å². The van der Waals surface area contributed by atoms with Crippen LogP contribution in [0.1, 0.15) is 24.8 Å². The first-order valence-corrected chi connectivity index (χ1v) is 5.79. The normalized spacial score (nSPS) is 18.9. The molecule has 1 aliphatic carbocycles. The summed E-state index contributed by atoms with van der Waals surface area (Å²) in [5.74, 6) is 0. The molecule has 0 saturated heterocycles. The van der Waals surface area contributed by atoms with Gasteiger partial charge in [-0.05, 0) is 30.4 Å². The van der Waals surface area contributed by atoms with Crippen LogP contribution in [-0.2, 0) is 4.79 Å². The zero-order valence-corrected chi connectivity index (χ0v) is 9.70. The summed E-state index contributed by atoms with van der Waals surface area (Å²) in [6.07, 6.45) is 5.69. The molecule has 0 atom stereocenters. The molecule has 0 amide bonds. The van der Waals surface area contributed by atoms with Gasteiger partial charge in [-0.1, -0.05) is 48.0 Å². The highest BCUT2D eigenvalue weighted by Crippen LogP contribution is 2.32. The lowest BCUT2D eigenvalue weighted by Crippen LogP contribution is -2.00. The molecule has 0 radical (unpaired) electrons. The zero-order chi connectivity index (χ0) is 11.4. The van der Waals surface area contributed by atoms with Crippen molar-refractivity contribution in [1.82, 2.24) is 0 Å². The van der Waals surface area contributed by atoms with E-state index in [4.69, 9.17) is 11.6 Å². The van der Waals surface area contributed by atoms with E-state index in [1.807, 2.05) is 30.3 Å². The first kappa shape index (κ1) is 11.2. The molecule has 0 aliphatic heterocycles. The van der Waals surface area contributed by atoms with E-state index in [9.17, 15) is 4.79 Å². The van der Waals surface area contributed by atoms with Gasteiger partial charge in [0.05, 0.1) is 5.03 Å². The lowest BCUT2D eigenvalue weighted by molar-refractivity contribution is -0.105. The van der Waals surface area contributed by atoms with Gasteiger partial charge in [-0.3, -0.25) is 4.79 Å². The quantitative estimate of drug-likeness (QED) is 0.706. The van der Waals surface area contributed by atoms with Gasteiger partial charge >= 0.3 is 0 Å². The minimum atomic E-state index is 0.644. The maximum atomic E-state index is 10.8. The fourth-order valence-electron chi connectivity index (χ4n) is 1.89. The standard InChI is InChI=1S/C14H13ClO/c15-14-12(7-4-8-13(14)10-16)9-11-5-2-1-3-6-11/h1-3,5-6,9-10H,4,7-8H2/b12-9+. The van der Waals surface area contributed by atoms with E-state index in [1.165, 1.54) is 0 Å². The number of carbonyl (C=O) groups is 1. The Bertz CT molecular complexity index is 443. The molecular formula is C14H13ClO. The number of benzene rings is 1. The third-order valence-electron chi connectivity index (χ3n) is 2.74. The maximum absolute atomic E-state index is 10.8. The number of hydrogen-bond acceptors (Lipinski definition) is 1. The van der Waals surface area contributed by atoms with Crippen LogP contribution in [0.4, 0.5) is 0 Å². The predicted octanol–water partition coefficient (Wildman–Crippen LogP) is 3.95. The summed E-state index contributed by atoms with van der Waals surface area (Å²) in [4.78, 5) is 10.8. The van der Waals surface area contributed by atoms with Crippen molar-refractivity contribution in [2.45, 2.75) is 19.3 Å². The Hall–Kier alpha value is -1.34. The van der Waals surface area contributed by atoms with Crippen LogP contribution in [-0.4, -0.2) is 6.29 Å². The number of allylic oxidation sites excluding steroid dienone is 3. The van der Waals surface area contributed by atoms with Crippen LogP contribution in [0, 0.1) is 0 Å². The Morgan fingerprint density at radius 2 is 1.88 bits per heavy atom. The lowest BCUT2D eigenvalue weighted by atomic mass is 9.94. The summed E-state index contributed by atoms with van der Waals surface area (Å²) in [5.41, 5.74) is 2.93. The Morgan fingerprint density at radius 3 is 2.56 bits per heavy atom. The second-order valence-electron chi connectivity index (χ2n) is 3.89. The number of carbonyl (C=O) groups excluding carboxylic acids is 1. The van der Waals surface area contributed by atoms with Gasteiger partial charge < -0.3 is 0 Å². The zero-order valence-electron chi connectivity index (χ0n) is 8.95. The van der Waals surface area contributed by atoms with Gasteiger partial charge in [-0.2, -0.15) is 0 Å². The van der Waals surface area contributed by atoms with Crippen molar-refractivity contribution in [1.29, 1.82) is 0 Å². The van der Waals surface area contributed by atoms with E-state index in [2.05, 4.69) is 6.08 Å². The average molecular weight is 233 g/mol. The Balaban J connectivity index is 2.34. The molecular weight excluding hydrogens is 220 g/mol. The maximum Gasteiger partial charge on any atom is 0.147 e. The number of aldehydes is 1. The molecule has 1 nitrogen and oxygen atoms in total. The van der Waals surface area contributed by atoms with Crippen molar-refractivity contribution in [2.75, 3.05) is 0 Å². The second kappa shape index (κ2) is 5.13. The van der Waals surface area contributed by atoms with Gasteiger partial charge in [0.1, 0.15) is 6.29 Å². The average Bonchev–Trinajstić information content (AvgIpc) is 2.33. The molecule has 1 aliphatic rings. The predicted molar refractivity (Wildman–Crippen MR) is 67.2 cm³/mol. The third kappa shape index (κ3) is 2.42. The molecule has 0 aromatic heterocycles. The van der Waals surface area contributed by atoms with Crippen LogP contribution in [0.2, 0.25) is 0 Å². The van der Waals surface area contributed by atoms with Crippen LogP contribution >= 0.6 is 11.6 Å². The van der Waals surface area contributed by atoms with Gasteiger partial charge in [0, 0.05) is 5.57 Å². The molecule has 0 saturated carbocycles. The van der Waals surface area contributed by atoms with Gasteiger partial charge in [-0.15, -0.1) is 0 Å². The highest BCUT2D eigenvalue weighted by atomic mass is 35.5. The summed E-state index contributed by atoms with van der Waals surface area (Å²) in [6, 6.07) is 10.0. The van der Waals surface area contributed by atoms with Crippen LogP contribution < -0.4 is 0 Å². The molecule has 0 unspecified atom stereocenters. The van der Waals surface area contributed by atoms with Gasteiger partial charge in [0.2, 0.25) is 0 Å². The second-order valence-corrected chi connectivity index (χ2v) is 4.27. The fourth-order valence-corrected chi connectivity index (χ4v) is 2.18. The van der Waals surface area contributed by atoms with E-state index >= 15 is 0 Å². The van der Waals surface area contributed by atoms with E-state index < -0.39 is 0 Å². The van der Waals surface area contributed by atoms with Crippen molar-refractivity contribution in [3.63, 3.8) is 0 Å². The SMILES string of the molecule is O=CC1=C(Cl)/C(=C/c2ccccc2)CCC1. The Kier molecular flexibility index (Phi) is 3.58. The third-order valence-corrected chi connectivity index (χ3v) is 3.22. The lowest BCUT2D eigenvalue weighted by Gasteiger charge is -2.15. The molecule has 1 aromatic carbocycles. The molecule has 0 fully saturated rings. The Labute approximate surface area is 100 Å². The molecule has 0 N–H and O–H groups in total. The molecule has 16 heavy (non-hydrogen) atoms. The van der Waals surface area contributed by atoms with E-state index in [1.54, 1.807) is 0 Å². The van der Waals surface area contributed by atoms with Crippen molar-refractivity contribution < 1.29 is 4.79 Å². The number of hydrogen-bond donors (Lipinski definition) is 0. The van der Waals surface area contributed by atoms with Crippen molar-refractivity contribution in [2.24, 2.45) is 0 Å². The van der Waals surface area contributed by atoms with E-state index in [-0.39, 0.29) is 0 Å². The van der Waals surface area contributed by atoms with Crippen molar-refractivity contribution in [3.05, 3.63) is 52.1 Å². The van der Waals surface area contributed by atoms with Gasteiger partial charge in [0.25, 0.3) is 0 Å². The molecule has 2 rings (SSSR count). The van der Waals surface area contributed by atoms with Gasteiger partial charge in [-0.25, -0.2) is 0 Å². The first-order valence-electron chi connectivity index (χ1n) is 5.41. The summed E-state index contributed by atoms with van der Waals surface area (Å²) < 4.78 is 0. The van der Waals surface area contributed by atoms with E-state index in [0.29, 0.717) is 5.03 Å². The van der Waals surface area contributed by atoms with Crippen LogP contribution in [0.25, 0.3) is 6.08 Å². The molecule has 0 spiro atoms. The van der Waals surface area contributed by atoms with Crippen molar-refractivity contribution in [3.8, 4) is 0 Å². The summed E-state index contributed by atoms with van der Waals surface area (Å²) >= 11 is 6.18. The van der Waals surface area contributed by atoms with Crippen LogP contribution in [0.15, 0.2) is 46.5 Å². The highest BCUT2D eigenvalue weighted by Gasteiger charge is 2.14.